The van der Waals surface area contributed by atoms with Crippen molar-refractivity contribution < 1.29 is 18.0 Å². The van der Waals surface area contributed by atoms with E-state index in [0.29, 0.717) is 13.0 Å². The van der Waals surface area contributed by atoms with Gasteiger partial charge in [-0.15, -0.1) is 0 Å². The Morgan fingerprint density at radius 2 is 1.49 bits per heavy atom. The highest BCUT2D eigenvalue weighted by Gasteiger charge is 2.34. The molecule has 0 saturated heterocycles. The van der Waals surface area contributed by atoms with E-state index in [1.807, 2.05) is 45.0 Å². The van der Waals surface area contributed by atoms with Gasteiger partial charge in [0, 0.05) is 18.1 Å². The summed E-state index contributed by atoms with van der Waals surface area (Å²) in [5.41, 5.74) is 2.82. The van der Waals surface area contributed by atoms with Gasteiger partial charge in [0.15, 0.2) is 0 Å². The Morgan fingerprint density at radius 1 is 0.897 bits per heavy atom. The summed E-state index contributed by atoms with van der Waals surface area (Å²) >= 11 is 12.7. The first-order valence-corrected chi connectivity index (χ1v) is 14.8. The van der Waals surface area contributed by atoms with Gasteiger partial charge in [-0.2, -0.15) is 0 Å². The topological polar surface area (TPSA) is 86.8 Å². The fourth-order valence-corrected chi connectivity index (χ4v) is 5.99. The molecule has 208 valence electrons. The van der Waals surface area contributed by atoms with Gasteiger partial charge in [-0.3, -0.25) is 13.9 Å². The van der Waals surface area contributed by atoms with Crippen molar-refractivity contribution in [3.63, 3.8) is 0 Å². The molecule has 0 unspecified atom stereocenters. The van der Waals surface area contributed by atoms with Crippen molar-refractivity contribution in [3.8, 4) is 0 Å². The van der Waals surface area contributed by atoms with Crippen LogP contribution in [0.5, 0.6) is 0 Å². The van der Waals surface area contributed by atoms with Gasteiger partial charge in [-0.25, -0.2) is 8.42 Å². The number of anilines is 1. The number of likely N-dealkylation sites (N-methyl/N-ethyl adjacent to an activating group) is 1. The summed E-state index contributed by atoms with van der Waals surface area (Å²) < 4.78 is 28.8. The largest absolute Gasteiger partial charge is 0.355 e. The summed E-state index contributed by atoms with van der Waals surface area (Å²) in [5, 5.41) is 3.16. The Morgan fingerprint density at radius 3 is 2.05 bits per heavy atom. The number of rotatable bonds is 11. The van der Waals surface area contributed by atoms with Crippen LogP contribution in [0, 0.1) is 13.8 Å². The van der Waals surface area contributed by atoms with Crippen LogP contribution in [0.2, 0.25) is 10.0 Å². The maximum absolute atomic E-state index is 14.0. The van der Waals surface area contributed by atoms with E-state index >= 15 is 0 Å². The number of hydrogen-bond donors (Lipinski definition) is 1. The normalized spacial score (nSPS) is 12.1. The zero-order valence-corrected chi connectivity index (χ0v) is 24.8. The molecule has 39 heavy (non-hydrogen) atoms. The first kappa shape index (κ1) is 30.5. The van der Waals surface area contributed by atoms with Gasteiger partial charge in [-0.1, -0.05) is 77.7 Å². The molecule has 0 radical (unpaired) electrons. The lowest BCUT2D eigenvalue weighted by atomic mass is 10.1. The number of carbonyl (C=O) groups excluding carboxylic acids is 2. The molecule has 0 spiro atoms. The molecule has 2 amide bonds. The summed E-state index contributed by atoms with van der Waals surface area (Å²) in [6.45, 7) is 7.35. The Hall–Kier alpha value is -3.07. The number of halogens is 2. The van der Waals surface area contributed by atoms with Crippen molar-refractivity contribution in [2.45, 2.75) is 51.6 Å². The smallest absolute Gasteiger partial charge is 0.264 e. The molecule has 0 saturated carbocycles. The van der Waals surface area contributed by atoms with Crippen LogP contribution in [0.15, 0.2) is 71.6 Å². The van der Waals surface area contributed by atoms with E-state index in [9.17, 15) is 18.0 Å². The van der Waals surface area contributed by atoms with E-state index in [4.69, 9.17) is 23.2 Å². The van der Waals surface area contributed by atoms with E-state index in [-0.39, 0.29) is 33.1 Å². The molecule has 0 heterocycles. The Balaban J connectivity index is 2.10. The lowest BCUT2D eigenvalue weighted by Crippen LogP contribution is -2.52. The third kappa shape index (κ3) is 7.53. The van der Waals surface area contributed by atoms with E-state index in [1.165, 1.54) is 35.2 Å². The molecule has 0 aliphatic carbocycles. The summed E-state index contributed by atoms with van der Waals surface area (Å²) in [4.78, 5) is 28.4. The highest BCUT2D eigenvalue weighted by atomic mass is 35.5. The van der Waals surface area contributed by atoms with E-state index < -0.39 is 28.5 Å². The molecule has 0 aliphatic heterocycles. The first-order valence-electron chi connectivity index (χ1n) is 12.6. The number of carbonyl (C=O) groups is 2. The monoisotopic (exact) mass is 589 g/mol. The van der Waals surface area contributed by atoms with Crippen molar-refractivity contribution in [2.24, 2.45) is 0 Å². The number of sulfonamides is 1. The highest BCUT2D eigenvalue weighted by Crippen LogP contribution is 2.33. The highest BCUT2D eigenvalue weighted by molar-refractivity contribution is 7.92. The Labute approximate surface area is 240 Å². The number of aryl methyl sites for hydroxylation is 2. The SMILES string of the molecule is CCNC(=O)[C@@H](CC)N(Cc1ccc(C)cc1)C(=O)CN(c1cc(Cl)ccc1Cl)S(=O)(=O)c1ccc(C)cc1. The molecule has 3 aromatic rings. The minimum Gasteiger partial charge on any atom is -0.355 e. The Kier molecular flexibility index (Phi) is 10.4. The number of amides is 2. The number of nitrogens with one attached hydrogen (secondary N) is 1. The molecule has 0 bridgehead atoms. The van der Waals surface area contributed by atoms with Crippen LogP contribution in [0.4, 0.5) is 5.69 Å². The van der Waals surface area contributed by atoms with E-state index in [1.54, 1.807) is 19.1 Å². The summed E-state index contributed by atoms with van der Waals surface area (Å²) in [6, 6.07) is 17.6. The predicted octanol–water partition coefficient (Wildman–Crippen LogP) is 5.75. The fraction of sp³-hybridized carbons (Fsp3) is 0.310. The van der Waals surface area contributed by atoms with Crippen molar-refractivity contribution in [1.29, 1.82) is 0 Å². The molecule has 7 nitrogen and oxygen atoms in total. The number of benzene rings is 3. The third-order valence-corrected chi connectivity index (χ3v) is 8.60. The van der Waals surface area contributed by atoms with Crippen LogP contribution in [-0.4, -0.2) is 44.3 Å². The van der Waals surface area contributed by atoms with E-state index in [2.05, 4.69) is 5.32 Å². The van der Waals surface area contributed by atoms with Crippen LogP contribution < -0.4 is 9.62 Å². The van der Waals surface area contributed by atoms with Crippen LogP contribution in [-0.2, 0) is 26.2 Å². The van der Waals surface area contributed by atoms with Gasteiger partial charge >= 0.3 is 0 Å². The number of hydrogen-bond acceptors (Lipinski definition) is 4. The van der Waals surface area contributed by atoms with Gasteiger partial charge in [0.05, 0.1) is 15.6 Å². The van der Waals surface area contributed by atoms with Gasteiger partial charge in [-0.05, 0) is 63.1 Å². The summed E-state index contributed by atoms with van der Waals surface area (Å²) in [6.07, 6.45) is 0.339. The van der Waals surface area contributed by atoms with Crippen LogP contribution in [0.25, 0.3) is 0 Å². The lowest BCUT2D eigenvalue weighted by Gasteiger charge is -2.33. The molecule has 1 N–H and O–H groups in total. The Bertz CT molecular complexity index is 1410. The van der Waals surface area contributed by atoms with Crippen LogP contribution in [0.1, 0.15) is 37.0 Å². The minimum atomic E-state index is -4.24. The molecule has 0 aliphatic rings. The maximum Gasteiger partial charge on any atom is 0.264 e. The molecule has 3 aromatic carbocycles. The lowest BCUT2D eigenvalue weighted by molar-refractivity contribution is -0.140. The van der Waals surface area contributed by atoms with Gasteiger partial charge in [0.2, 0.25) is 11.8 Å². The van der Waals surface area contributed by atoms with Crippen molar-refractivity contribution in [1.82, 2.24) is 10.2 Å². The third-order valence-electron chi connectivity index (χ3n) is 6.28. The predicted molar refractivity (Wildman–Crippen MR) is 157 cm³/mol. The zero-order chi connectivity index (χ0) is 28.7. The second-order valence-electron chi connectivity index (χ2n) is 9.25. The zero-order valence-electron chi connectivity index (χ0n) is 22.4. The standard InChI is InChI=1S/C29H33Cl2N3O4S/c1-5-26(29(36)32-6-2)33(18-22-11-7-20(3)8-12-22)28(35)19-34(27-17-23(30)13-16-25(27)31)39(37,38)24-14-9-21(4)10-15-24/h7-17,26H,5-6,18-19H2,1-4H3,(H,32,36)/t26-/m1/s1. The summed E-state index contributed by atoms with van der Waals surface area (Å²) in [7, 11) is -4.24. The second-order valence-corrected chi connectivity index (χ2v) is 12.0. The molecule has 0 fully saturated rings. The minimum absolute atomic E-state index is 0.00204. The molecule has 1 atom stereocenters. The second kappa shape index (κ2) is 13.3. The molecule has 0 aromatic heterocycles. The molecular formula is C29H33Cl2N3O4S. The maximum atomic E-state index is 14.0. The van der Waals surface area contributed by atoms with Crippen LogP contribution in [0.3, 0.4) is 0 Å². The molecule has 3 rings (SSSR count). The quantitative estimate of drug-likeness (QED) is 0.308. The molecule has 10 heteroatoms. The van der Waals surface area contributed by atoms with E-state index in [0.717, 1.165) is 21.0 Å². The number of nitrogens with zero attached hydrogens (tertiary/aromatic N) is 2. The van der Waals surface area contributed by atoms with Crippen molar-refractivity contribution in [3.05, 3.63) is 93.5 Å². The van der Waals surface area contributed by atoms with Gasteiger partial charge in [0.1, 0.15) is 12.6 Å². The van der Waals surface area contributed by atoms with Crippen molar-refractivity contribution in [2.75, 3.05) is 17.4 Å². The molecular weight excluding hydrogens is 557 g/mol. The van der Waals surface area contributed by atoms with Crippen molar-refractivity contribution >= 4 is 50.7 Å². The average molecular weight is 591 g/mol. The fourth-order valence-electron chi connectivity index (χ4n) is 4.13. The summed E-state index contributed by atoms with van der Waals surface area (Å²) in [5.74, 6) is -0.866. The van der Waals surface area contributed by atoms with Gasteiger partial charge in [0.25, 0.3) is 10.0 Å². The van der Waals surface area contributed by atoms with Gasteiger partial charge < -0.3 is 10.2 Å². The van der Waals surface area contributed by atoms with Crippen LogP contribution >= 0.6 is 23.2 Å². The first-order chi connectivity index (χ1) is 18.5. The average Bonchev–Trinajstić information content (AvgIpc) is 2.90.